The molecule has 1 unspecified atom stereocenters. The highest BCUT2D eigenvalue weighted by Crippen LogP contribution is 2.32. The van der Waals surface area contributed by atoms with Crippen molar-refractivity contribution in [1.82, 2.24) is 25.0 Å². The zero-order valence-electron chi connectivity index (χ0n) is 18.3. The molecule has 7 nitrogen and oxygen atoms in total. The summed E-state index contributed by atoms with van der Waals surface area (Å²) in [6.45, 7) is 5.11. The van der Waals surface area contributed by atoms with Gasteiger partial charge in [0.05, 0.1) is 18.3 Å². The molecule has 0 radical (unpaired) electrons. The number of aromatic nitrogens is 3. The van der Waals surface area contributed by atoms with Crippen molar-refractivity contribution >= 4 is 28.2 Å². The molecular weight excluding hydrogens is 420 g/mol. The van der Waals surface area contributed by atoms with Crippen LogP contribution >= 0.6 is 11.3 Å². The van der Waals surface area contributed by atoms with Gasteiger partial charge in [0.25, 0.3) is 0 Å². The third kappa shape index (κ3) is 4.52. The van der Waals surface area contributed by atoms with Crippen LogP contribution in [0.5, 0.6) is 0 Å². The molecule has 1 atom stereocenters. The van der Waals surface area contributed by atoms with Crippen molar-refractivity contribution in [2.24, 2.45) is 0 Å². The molecule has 32 heavy (non-hydrogen) atoms. The molecule has 1 aromatic carbocycles. The summed E-state index contributed by atoms with van der Waals surface area (Å²) in [6.07, 6.45) is 3.83. The number of hydrogen-bond donors (Lipinski definition) is 1. The number of aryl methyl sites for hydroxylation is 1. The van der Waals surface area contributed by atoms with Crippen molar-refractivity contribution in [3.63, 3.8) is 0 Å². The summed E-state index contributed by atoms with van der Waals surface area (Å²) in [6, 6.07) is 14.5. The maximum Gasteiger partial charge on any atom is 0.237 e. The lowest BCUT2D eigenvalue weighted by Gasteiger charge is -2.31. The monoisotopic (exact) mass is 448 g/mol. The number of benzene rings is 1. The standard InChI is InChI=1S/C24H28N6OS/c1-2-22-27-28-24(32-22)26-21-11-5-9-19(25-21)20-10-6-13-30(20)23(31)16-29-14-12-17-7-3-4-8-18(17)15-29/h3-5,7-9,11,20H,2,6,10,12-16H2,1H3,(H,25,26,28). The van der Waals surface area contributed by atoms with E-state index in [9.17, 15) is 4.79 Å². The minimum atomic E-state index is 0.0296. The van der Waals surface area contributed by atoms with Gasteiger partial charge in [-0.15, -0.1) is 10.2 Å². The van der Waals surface area contributed by atoms with E-state index in [0.717, 1.165) is 67.0 Å². The van der Waals surface area contributed by atoms with Crippen LogP contribution in [0.25, 0.3) is 0 Å². The van der Waals surface area contributed by atoms with Crippen molar-refractivity contribution in [3.05, 3.63) is 64.3 Å². The maximum absolute atomic E-state index is 13.2. The molecule has 1 N–H and O–H groups in total. The summed E-state index contributed by atoms with van der Waals surface area (Å²) in [5.74, 6) is 0.942. The Balaban J connectivity index is 1.26. The molecule has 0 aliphatic carbocycles. The van der Waals surface area contributed by atoms with Gasteiger partial charge in [-0.2, -0.15) is 0 Å². The lowest BCUT2D eigenvalue weighted by molar-refractivity contribution is -0.133. The normalized spacial score (nSPS) is 18.5. The van der Waals surface area contributed by atoms with Gasteiger partial charge in [-0.1, -0.05) is 48.6 Å². The molecule has 5 rings (SSSR count). The number of likely N-dealkylation sites (tertiary alicyclic amines) is 1. The number of hydrogen-bond acceptors (Lipinski definition) is 7. The Bertz CT molecular complexity index is 1100. The summed E-state index contributed by atoms with van der Waals surface area (Å²) in [5, 5.41) is 13.3. The van der Waals surface area contributed by atoms with Gasteiger partial charge in [0.1, 0.15) is 10.8 Å². The molecule has 0 spiro atoms. The Kier molecular flexibility index (Phi) is 6.14. The van der Waals surface area contributed by atoms with Crippen molar-refractivity contribution in [1.29, 1.82) is 0 Å². The van der Waals surface area contributed by atoms with Gasteiger partial charge in [0.2, 0.25) is 11.0 Å². The first-order valence-corrected chi connectivity index (χ1v) is 12.2. The summed E-state index contributed by atoms with van der Waals surface area (Å²) >= 11 is 1.54. The number of anilines is 2. The number of nitrogens with zero attached hydrogens (tertiary/aromatic N) is 5. The van der Waals surface area contributed by atoms with E-state index in [1.807, 2.05) is 23.1 Å². The van der Waals surface area contributed by atoms with Gasteiger partial charge in [-0.3, -0.25) is 9.69 Å². The van der Waals surface area contributed by atoms with Gasteiger partial charge in [-0.05, 0) is 48.9 Å². The molecule has 2 aliphatic heterocycles. The first-order valence-electron chi connectivity index (χ1n) is 11.3. The average Bonchev–Trinajstić information content (AvgIpc) is 3.49. The van der Waals surface area contributed by atoms with Gasteiger partial charge < -0.3 is 10.2 Å². The second-order valence-electron chi connectivity index (χ2n) is 8.40. The highest BCUT2D eigenvalue weighted by atomic mass is 32.1. The van der Waals surface area contributed by atoms with E-state index in [4.69, 9.17) is 4.98 Å². The molecule has 1 fully saturated rings. The van der Waals surface area contributed by atoms with Crippen LogP contribution in [0.4, 0.5) is 10.9 Å². The van der Waals surface area contributed by atoms with E-state index in [1.54, 1.807) is 11.3 Å². The van der Waals surface area contributed by atoms with Gasteiger partial charge in [0.15, 0.2) is 0 Å². The van der Waals surface area contributed by atoms with E-state index in [0.29, 0.717) is 6.54 Å². The fourth-order valence-electron chi connectivity index (χ4n) is 4.61. The van der Waals surface area contributed by atoms with Crippen LogP contribution < -0.4 is 5.32 Å². The zero-order chi connectivity index (χ0) is 21.9. The first-order chi connectivity index (χ1) is 15.7. The van der Waals surface area contributed by atoms with E-state index in [2.05, 4.69) is 51.6 Å². The average molecular weight is 449 g/mol. The fraction of sp³-hybridized carbons (Fsp3) is 0.417. The van der Waals surface area contributed by atoms with Gasteiger partial charge in [-0.25, -0.2) is 4.98 Å². The topological polar surface area (TPSA) is 74.2 Å². The van der Waals surface area contributed by atoms with Crippen LogP contribution in [0.2, 0.25) is 0 Å². The molecule has 8 heteroatoms. The summed E-state index contributed by atoms with van der Waals surface area (Å²) < 4.78 is 0. The largest absolute Gasteiger partial charge is 0.333 e. The lowest BCUT2D eigenvalue weighted by Crippen LogP contribution is -2.42. The third-order valence-electron chi connectivity index (χ3n) is 6.26. The maximum atomic E-state index is 13.2. The number of nitrogens with one attached hydrogen (secondary N) is 1. The Labute approximate surface area is 192 Å². The molecule has 166 valence electrons. The van der Waals surface area contributed by atoms with Crippen LogP contribution in [0.15, 0.2) is 42.5 Å². The molecular formula is C24H28N6OS. The fourth-order valence-corrected chi connectivity index (χ4v) is 5.29. The molecule has 1 amide bonds. The summed E-state index contributed by atoms with van der Waals surface area (Å²) in [7, 11) is 0. The molecule has 0 bridgehead atoms. The highest BCUT2D eigenvalue weighted by Gasteiger charge is 2.32. The Morgan fingerprint density at radius 3 is 2.84 bits per heavy atom. The minimum absolute atomic E-state index is 0.0296. The second-order valence-corrected chi connectivity index (χ2v) is 9.46. The predicted octanol–water partition coefficient (Wildman–Crippen LogP) is 3.96. The Morgan fingerprint density at radius 1 is 1.12 bits per heavy atom. The number of carbonyl (C=O) groups excluding carboxylic acids is 1. The molecule has 4 heterocycles. The molecule has 1 saturated heterocycles. The Morgan fingerprint density at radius 2 is 2.00 bits per heavy atom. The van der Waals surface area contributed by atoms with Crippen molar-refractivity contribution in [2.45, 2.75) is 45.2 Å². The first kappa shape index (κ1) is 21.0. The van der Waals surface area contributed by atoms with Crippen LogP contribution in [-0.2, 0) is 24.2 Å². The molecule has 2 aromatic heterocycles. The van der Waals surface area contributed by atoms with E-state index >= 15 is 0 Å². The van der Waals surface area contributed by atoms with E-state index < -0.39 is 0 Å². The second kappa shape index (κ2) is 9.34. The van der Waals surface area contributed by atoms with Crippen LogP contribution in [-0.4, -0.2) is 50.5 Å². The third-order valence-corrected chi connectivity index (χ3v) is 7.24. The predicted molar refractivity (Wildman–Crippen MR) is 126 cm³/mol. The van der Waals surface area contributed by atoms with Crippen LogP contribution in [0.3, 0.4) is 0 Å². The van der Waals surface area contributed by atoms with Crippen molar-refractivity contribution in [2.75, 3.05) is 25.0 Å². The van der Waals surface area contributed by atoms with Crippen molar-refractivity contribution < 1.29 is 4.79 Å². The SMILES string of the molecule is CCc1nnc(Nc2cccc(C3CCCN3C(=O)CN3CCc4ccccc4C3)n2)s1. The van der Waals surface area contributed by atoms with E-state index in [-0.39, 0.29) is 11.9 Å². The van der Waals surface area contributed by atoms with E-state index in [1.165, 1.54) is 11.1 Å². The number of rotatable bonds is 6. The van der Waals surface area contributed by atoms with Crippen LogP contribution in [0, 0.1) is 0 Å². The van der Waals surface area contributed by atoms with Gasteiger partial charge >= 0.3 is 0 Å². The number of amides is 1. The molecule has 0 saturated carbocycles. The Hall–Kier alpha value is -2.84. The number of pyridine rings is 1. The summed E-state index contributed by atoms with van der Waals surface area (Å²) in [5.41, 5.74) is 3.68. The van der Waals surface area contributed by atoms with Crippen LogP contribution in [0.1, 0.15) is 47.6 Å². The molecule has 2 aliphatic rings. The number of carbonyl (C=O) groups is 1. The summed E-state index contributed by atoms with van der Waals surface area (Å²) in [4.78, 5) is 22.4. The lowest BCUT2D eigenvalue weighted by atomic mass is 10.00. The minimum Gasteiger partial charge on any atom is -0.333 e. The number of fused-ring (bicyclic) bond motifs is 1. The van der Waals surface area contributed by atoms with Gasteiger partial charge in [0, 0.05) is 19.6 Å². The highest BCUT2D eigenvalue weighted by molar-refractivity contribution is 7.15. The van der Waals surface area contributed by atoms with Crippen molar-refractivity contribution in [3.8, 4) is 0 Å². The quantitative estimate of drug-likeness (QED) is 0.615. The smallest absolute Gasteiger partial charge is 0.237 e. The zero-order valence-corrected chi connectivity index (χ0v) is 19.1. The molecule has 3 aromatic rings.